The number of para-hydroxylation sites is 1. The van der Waals surface area contributed by atoms with Crippen molar-refractivity contribution < 1.29 is 19.4 Å². The van der Waals surface area contributed by atoms with Crippen LogP contribution in [-0.4, -0.2) is 24.2 Å². The van der Waals surface area contributed by atoms with Crippen molar-refractivity contribution in [1.82, 2.24) is 0 Å². The van der Waals surface area contributed by atoms with E-state index in [4.69, 9.17) is 9.47 Å². The number of carbonyl (C=O) groups excluding carboxylic acids is 1. The van der Waals surface area contributed by atoms with Crippen LogP contribution in [0.25, 0.3) is 0 Å². The van der Waals surface area contributed by atoms with E-state index in [2.05, 4.69) is 5.32 Å². The molecule has 1 aliphatic heterocycles. The number of aromatic hydroxyl groups is 1. The Bertz CT molecular complexity index is 742. The van der Waals surface area contributed by atoms with Crippen LogP contribution in [0.15, 0.2) is 36.4 Å². The fourth-order valence-electron chi connectivity index (χ4n) is 2.67. The molecular weight excluding hydrogens is 294 g/mol. The first-order valence-electron chi connectivity index (χ1n) is 7.51. The van der Waals surface area contributed by atoms with Crippen molar-refractivity contribution in [2.45, 2.75) is 25.9 Å². The van der Waals surface area contributed by atoms with Gasteiger partial charge in [-0.1, -0.05) is 18.2 Å². The molecule has 0 fully saturated rings. The van der Waals surface area contributed by atoms with Gasteiger partial charge < -0.3 is 19.9 Å². The molecule has 0 saturated heterocycles. The maximum Gasteiger partial charge on any atom is 0.265 e. The molecule has 2 N–H and O–H groups in total. The highest BCUT2D eigenvalue weighted by Crippen LogP contribution is 2.37. The summed E-state index contributed by atoms with van der Waals surface area (Å²) >= 11 is 0. The third kappa shape index (κ3) is 3.08. The molecule has 1 heterocycles. The molecule has 2 aromatic rings. The lowest BCUT2D eigenvalue weighted by Gasteiger charge is -2.26. The number of phenols is 1. The van der Waals surface area contributed by atoms with E-state index < -0.39 is 6.10 Å². The zero-order chi connectivity index (χ0) is 16.4. The van der Waals surface area contributed by atoms with Gasteiger partial charge in [-0.05, 0) is 43.0 Å². The minimum atomic E-state index is -0.559. The second-order valence-corrected chi connectivity index (χ2v) is 5.58. The highest BCUT2D eigenvalue weighted by Gasteiger charge is 2.27. The van der Waals surface area contributed by atoms with Gasteiger partial charge in [0.15, 0.2) is 17.6 Å². The first-order chi connectivity index (χ1) is 11.1. The molecule has 0 spiro atoms. The van der Waals surface area contributed by atoms with E-state index in [0.717, 1.165) is 16.8 Å². The zero-order valence-electron chi connectivity index (χ0n) is 13.1. The second kappa shape index (κ2) is 6.20. The van der Waals surface area contributed by atoms with Crippen LogP contribution < -0.4 is 14.8 Å². The van der Waals surface area contributed by atoms with Crippen LogP contribution in [-0.2, 0) is 11.2 Å². The van der Waals surface area contributed by atoms with E-state index in [1.165, 1.54) is 7.11 Å². The van der Waals surface area contributed by atoms with Crippen LogP contribution in [0.3, 0.4) is 0 Å². The van der Waals surface area contributed by atoms with Gasteiger partial charge in [0, 0.05) is 11.8 Å². The number of carbonyl (C=O) groups is 1. The number of phenolic OH excluding ortho intramolecular Hbond substituents is 1. The van der Waals surface area contributed by atoms with E-state index in [-0.39, 0.29) is 11.7 Å². The summed E-state index contributed by atoms with van der Waals surface area (Å²) in [5.41, 5.74) is 2.67. The van der Waals surface area contributed by atoms with Crippen LogP contribution in [0.4, 0.5) is 5.69 Å². The fraction of sp³-hybridized carbons (Fsp3) is 0.278. The summed E-state index contributed by atoms with van der Waals surface area (Å²) < 4.78 is 10.9. The van der Waals surface area contributed by atoms with E-state index >= 15 is 0 Å². The first-order valence-corrected chi connectivity index (χ1v) is 7.51. The van der Waals surface area contributed by atoms with Gasteiger partial charge >= 0.3 is 0 Å². The first kappa shape index (κ1) is 15.2. The van der Waals surface area contributed by atoms with Crippen molar-refractivity contribution in [3.05, 3.63) is 47.5 Å². The van der Waals surface area contributed by atoms with Crippen molar-refractivity contribution in [3.8, 4) is 17.2 Å². The van der Waals surface area contributed by atoms with Crippen LogP contribution in [0, 0.1) is 6.92 Å². The largest absolute Gasteiger partial charge is 0.504 e. The number of hydrogen-bond acceptors (Lipinski definition) is 4. The van der Waals surface area contributed by atoms with Gasteiger partial charge in [-0.25, -0.2) is 0 Å². The molecule has 0 aliphatic carbocycles. The smallest absolute Gasteiger partial charge is 0.265 e. The standard InChI is InChI=1S/C18H19NO4/c1-11-5-3-4-6-13(11)19-18(21)15-8-7-12-9-14(20)17(22-2)10-16(12)23-15/h3-6,9-10,15,20H,7-8H2,1-2H3,(H,19,21). The molecule has 1 atom stereocenters. The van der Waals surface area contributed by atoms with Crippen molar-refractivity contribution in [2.75, 3.05) is 12.4 Å². The second-order valence-electron chi connectivity index (χ2n) is 5.58. The Balaban J connectivity index is 1.76. The molecule has 120 valence electrons. The lowest BCUT2D eigenvalue weighted by Crippen LogP contribution is -2.36. The van der Waals surface area contributed by atoms with Gasteiger partial charge in [-0.2, -0.15) is 0 Å². The van der Waals surface area contributed by atoms with Gasteiger partial charge in [-0.3, -0.25) is 4.79 Å². The van der Waals surface area contributed by atoms with Crippen molar-refractivity contribution in [3.63, 3.8) is 0 Å². The maximum atomic E-state index is 12.4. The normalized spacial score (nSPS) is 16.2. The number of aryl methyl sites for hydroxylation is 2. The van der Waals surface area contributed by atoms with Gasteiger partial charge in [0.05, 0.1) is 7.11 Å². The molecule has 0 aromatic heterocycles. The summed E-state index contributed by atoms with van der Waals surface area (Å²) in [7, 11) is 1.48. The molecule has 0 radical (unpaired) electrons. The Kier molecular flexibility index (Phi) is 4.10. The molecule has 3 rings (SSSR count). The van der Waals surface area contributed by atoms with E-state index in [0.29, 0.717) is 24.3 Å². The average Bonchev–Trinajstić information content (AvgIpc) is 2.55. The van der Waals surface area contributed by atoms with Crippen LogP contribution in [0.2, 0.25) is 0 Å². The molecule has 0 bridgehead atoms. The number of ether oxygens (including phenoxy) is 2. The number of hydrogen-bond donors (Lipinski definition) is 2. The Morgan fingerprint density at radius 2 is 2.13 bits per heavy atom. The summed E-state index contributed by atoms with van der Waals surface area (Å²) in [6.07, 6.45) is 0.672. The van der Waals surface area contributed by atoms with Gasteiger partial charge in [-0.15, -0.1) is 0 Å². The number of benzene rings is 2. The topological polar surface area (TPSA) is 67.8 Å². The lowest BCUT2D eigenvalue weighted by atomic mass is 10.0. The average molecular weight is 313 g/mol. The number of rotatable bonds is 3. The Morgan fingerprint density at radius 3 is 2.87 bits per heavy atom. The van der Waals surface area contributed by atoms with Crippen molar-refractivity contribution >= 4 is 11.6 Å². The third-order valence-electron chi connectivity index (χ3n) is 4.00. The zero-order valence-corrected chi connectivity index (χ0v) is 13.1. The highest BCUT2D eigenvalue weighted by molar-refractivity contribution is 5.95. The van der Waals surface area contributed by atoms with Crippen molar-refractivity contribution in [1.29, 1.82) is 0 Å². The lowest BCUT2D eigenvalue weighted by molar-refractivity contribution is -0.123. The number of methoxy groups -OCH3 is 1. The maximum absolute atomic E-state index is 12.4. The Morgan fingerprint density at radius 1 is 1.35 bits per heavy atom. The summed E-state index contributed by atoms with van der Waals surface area (Å²) in [6, 6.07) is 10.9. The SMILES string of the molecule is COc1cc2c(cc1O)CCC(C(=O)Nc1ccccc1C)O2. The number of fused-ring (bicyclic) bond motifs is 1. The van der Waals surface area contributed by atoms with Crippen LogP contribution in [0.5, 0.6) is 17.2 Å². The third-order valence-corrected chi connectivity index (χ3v) is 4.00. The summed E-state index contributed by atoms with van der Waals surface area (Å²) in [5, 5.41) is 12.7. The highest BCUT2D eigenvalue weighted by atomic mass is 16.5. The summed E-state index contributed by atoms with van der Waals surface area (Å²) in [5.74, 6) is 0.828. The number of anilines is 1. The molecule has 5 nitrogen and oxygen atoms in total. The minimum absolute atomic E-state index is 0.0812. The number of amides is 1. The van der Waals surface area contributed by atoms with Gasteiger partial charge in [0.25, 0.3) is 5.91 Å². The van der Waals surface area contributed by atoms with Crippen LogP contribution >= 0.6 is 0 Å². The summed E-state index contributed by atoms with van der Waals surface area (Å²) in [4.78, 5) is 12.4. The number of nitrogens with one attached hydrogen (secondary N) is 1. The predicted octanol–water partition coefficient (Wildman–Crippen LogP) is 3.04. The van der Waals surface area contributed by atoms with Crippen molar-refractivity contribution in [2.24, 2.45) is 0 Å². The van der Waals surface area contributed by atoms with Gasteiger partial charge in [0.1, 0.15) is 5.75 Å². The molecule has 2 aromatic carbocycles. The fourth-order valence-corrected chi connectivity index (χ4v) is 2.67. The molecule has 0 saturated carbocycles. The Labute approximate surface area is 134 Å². The quantitative estimate of drug-likeness (QED) is 0.914. The molecule has 1 amide bonds. The molecule has 1 aliphatic rings. The monoisotopic (exact) mass is 313 g/mol. The minimum Gasteiger partial charge on any atom is -0.504 e. The van der Waals surface area contributed by atoms with E-state index in [1.807, 2.05) is 31.2 Å². The van der Waals surface area contributed by atoms with E-state index in [9.17, 15) is 9.90 Å². The molecular formula is C18H19NO4. The van der Waals surface area contributed by atoms with Crippen LogP contribution in [0.1, 0.15) is 17.5 Å². The molecule has 23 heavy (non-hydrogen) atoms. The summed E-state index contributed by atoms with van der Waals surface area (Å²) in [6.45, 7) is 1.94. The van der Waals surface area contributed by atoms with Gasteiger partial charge in [0.2, 0.25) is 0 Å². The molecule has 5 heteroatoms. The molecule has 1 unspecified atom stereocenters. The predicted molar refractivity (Wildman–Crippen MR) is 87.2 cm³/mol. The Hall–Kier alpha value is -2.69. The van der Waals surface area contributed by atoms with E-state index in [1.54, 1.807) is 12.1 Å².